The summed E-state index contributed by atoms with van der Waals surface area (Å²) < 4.78 is 10.7. The molecule has 0 radical (unpaired) electrons. The van der Waals surface area contributed by atoms with Crippen LogP contribution in [0.25, 0.3) is 0 Å². The van der Waals surface area contributed by atoms with Crippen LogP contribution < -0.4 is 25.8 Å². The van der Waals surface area contributed by atoms with Gasteiger partial charge in [0.1, 0.15) is 17.3 Å². The first kappa shape index (κ1) is 30.7. The van der Waals surface area contributed by atoms with Crippen LogP contribution in [0.2, 0.25) is 0 Å². The molecule has 40 heavy (non-hydrogen) atoms. The maximum atomic E-state index is 13.6. The monoisotopic (exact) mass is 554 g/mol. The summed E-state index contributed by atoms with van der Waals surface area (Å²) in [7, 11) is 3.09. The zero-order valence-corrected chi connectivity index (χ0v) is 23.7. The number of nitrogens with zero attached hydrogens (tertiary/aromatic N) is 1. The Morgan fingerprint density at radius 3 is 2.42 bits per heavy atom. The van der Waals surface area contributed by atoms with Crippen molar-refractivity contribution < 1.29 is 29.0 Å². The van der Waals surface area contributed by atoms with Crippen molar-refractivity contribution in [2.24, 2.45) is 5.73 Å². The van der Waals surface area contributed by atoms with Gasteiger partial charge in [-0.05, 0) is 81.0 Å². The van der Waals surface area contributed by atoms with Crippen LogP contribution in [-0.2, 0) is 27.2 Å². The van der Waals surface area contributed by atoms with E-state index in [0.717, 1.165) is 17.5 Å². The Morgan fingerprint density at radius 1 is 1.05 bits per heavy atom. The minimum Gasteiger partial charge on any atom is -0.508 e. The fourth-order valence-corrected chi connectivity index (χ4v) is 5.02. The Bertz CT molecular complexity index is 1160. The smallest absolute Gasteiger partial charge is 0.245 e. The topological polar surface area (TPSA) is 143 Å². The number of likely N-dealkylation sites (tertiary alicyclic amines) is 1. The van der Waals surface area contributed by atoms with E-state index in [1.165, 1.54) is 0 Å². The number of hydrogen-bond donors (Lipinski definition) is 4. The molecule has 0 spiro atoms. The average Bonchev–Trinajstić information content (AvgIpc) is 3.44. The minimum absolute atomic E-state index is 0.0783. The molecule has 1 aliphatic heterocycles. The van der Waals surface area contributed by atoms with Crippen molar-refractivity contribution in [3.8, 4) is 17.2 Å². The second-order valence-corrected chi connectivity index (χ2v) is 10.4. The van der Waals surface area contributed by atoms with Crippen molar-refractivity contribution in [2.45, 2.75) is 63.5 Å². The zero-order chi connectivity index (χ0) is 29.1. The van der Waals surface area contributed by atoms with Crippen molar-refractivity contribution in [3.05, 3.63) is 53.6 Å². The molecule has 3 rings (SSSR count). The summed E-state index contributed by atoms with van der Waals surface area (Å²) in [6, 6.07) is 11.7. The summed E-state index contributed by atoms with van der Waals surface area (Å²) in [5, 5.41) is 15.3. The molecule has 0 saturated carbocycles. The number of carbonyl (C=O) groups excluding carboxylic acids is 3. The number of benzene rings is 2. The van der Waals surface area contributed by atoms with E-state index in [9.17, 15) is 19.5 Å². The number of rotatable bonds is 14. The predicted molar refractivity (Wildman–Crippen MR) is 152 cm³/mol. The molecule has 0 bridgehead atoms. The highest BCUT2D eigenvalue weighted by molar-refractivity contribution is 5.94. The van der Waals surface area contributed by atoms with E-state index < -0.39 is 11.6 Å². The van der Waals surface area contributed by atoms with Crippen molar-refractivity contribution in [2.75, 3.05) is 33.9 Å². The molecule has 1 fully saturated rings. The third kappa shape index (κ3) is 8.11. The number of hydrogen-bond acceptors (Lipinski definition) is 7. The fourth-order valence-electron chi connectivity index (χ4n) is 5.02. The normalized spacial score (nSPS) is 16.2. The Balaban J connectivity index is 1.70. The van der Waals surface area contributed by atoms with Gasteiger partial charge in [-0.2, -0.15) is 0 Å². The van der Waals surface area contributed by atoms with E-state index in [1.807, 2.05) is 18.2 Å². The first-order chi connectivity index (χ1) is 19.2. The maximum Gasteiger partial charge on any atom is 0.245 e. The summed E-state index contributed by atoms with van der Waals surface area (Å²) in [6.45, 7) is 3.02. The predicted octanol–water partition coefficient (Wildman–Crippen LogP) is 2.31. The number of ether oxygens (including phenoxy) is 2. The Kier molecular flexibility index (Phi) is 11.2. The molecule has 1 aliphatic rings. The lowest BCUT2D eigenvalue weighted by Gasteiger charge is -2.33. The van der Waals surface area contributed by atoms with Gasteiger partial charge in [0.15, 0.2) is 11.5 Å². The van der Waals surface area contributed by atoms with E-state index >= 15 is 0 Å². The first-order valence-electron chi connectivity index (χ1n) is 13.8. The van der Waals surface area contributed by atoms with Gasteiger partial charge < -0.3 is 35.8 Å². The molecule has 10 heteroatoms. The van der Waals surface area contributed by atoms with Crippen LogP contribution in [0.1, 0.15) is 50.2 Å². The Labute approximate surface area is 236 Å². The van der Waals surface area contributed by atoms with E-state index in [4.69, 9.17) is 15.2 Å². The number of nitrogens with two attached hydrogens (primary N) is 1. The highest BCUT2D eigenvalue weighted by atomic mass is 16.5. The van der Waals surface area contributed by atoms with Gasteiger partial charge in [-0.15, -0.1) is 0 Å². The summed E-state index contributed by atoms with van der Waals surface area (Å²) in [5.41, 5.74) is 6.13. The molecule has 2 aromatic rings. The van der Waals surface area contributed by atoms with Gasteiger partial charge in [0.05, 0.1) is 14.2 Å². The molecule has 2 aromatic carbocycles. The van der Waals surface area contributed by atoms with Crippen LogP contribution in [-0.4, -0.2) is 73.2 Å². The maximum absolute atomic E-state index is 13.6. The standard InChI is InChI=1S/C30H42N4O6/c1-30(29(38)32-17-6-16-31,20-22-12-15-25(39-2)26(19-22)40-3)33-28(37)24-8-5-18-34(24)27(36)9-4-7-21-10-13-23(35)14-11-21/h10-15,19,24,35H,4-9,16-18,20,31H2,1-3H3,(H,32,38)(H,33,37)/t24-,30?/m0/s1. The molecule has 1 unspecified atom stereocenters. The van der Waals surface area contributed by atoms with Crippen LogP contribution >= 0.6 is 0 Å². The highest BCUT2D eigenvalue weighted by Crippen LogP contribution is 2.29. The molecule has 0 aromatic heterocycles. The van der Waals surface area contributed by atoms with Gasteiger partial charge in [-0.1, -0.05) is 18.2 Å². The Morgan fingerprint density at radius 2 is 1.75 bits per heavy atom. The number of phenolic OH excluding ortho intramolecular Hbond substituents is 1. The largest absolute Gasteiger partial charge is 0.508 e. The van der Waals surface area contributed by atoms with Crippen LogP contribution in [0.3, 0.4) is 0 Å². The summed E-state index contributed by atoms with van der Waals surface area (Å²) in [4.78, 5) is 41.7. The number of phenols is 1. The van der Waals surface area contributed by atoms with Gasteiger partial charge in [-0.25, -0.2) is 0 Å². The number of carbonyl (C=O) groups is 3. The van der Waals surface area contributed by atoms with Crippen molar-refractivity contribution >= 4 is 17.7 Å². The lowest BCUT2D eigenvalue weighted by Crippen LogP contribution is -2.61. The second kappa shape index (κ2) is 14.6. The number of amides is 3. The van der Waals surface area contributed by atoms with E-state index in [-0.39, 0.29) is 29.9 Å². The molecule has 3 amide bonds. The summed E-state index contributed by atoms with van der Waals surface area (Å²) in [6.07, 6.45) is 3.72. The molecular weight excluding hydrogens is 512 g/mol. The third-order valence-corrected chi connectivity index (χ3v) is 7.24. The van der Waals surface area contributed by atoms with Crippen molar-refractivity contribution in [1.82, 2.24) is 15.5 Å². The number of aryl methyl sites for hydroxylation is 1. The highest BCUT2D eigenvalue weighted by Gasteiger charge is 2.40. The molecule has 10 nitrogen and oxygen atoms in total. The molecule has 1 saturated heterocycles. The van der Waals surface area contributed by atoms with Gasteiger partial charge >= 0.3 is 0 Å². The molecule has 5 N–H and O–H groups in total. The zero-order valence-electron chi connectivity index (χ0n) is 23.7. The molecule has 1 heterocycles. The number of nitrogens with one attached hydrogen (secondary N) is 2. The lowest BCUT2D eigenvalue weighted by molar-refractivity contribution is -0.141. The Hall–Kier alpha value is -3.79. The van der Waals surface area contributed by atoms with Crippen LogP contribution in [0, 0.1) is 0 Å². The van der Waals surface area contributed by atoms with Gasteiger partial charge in [-0.3, -0.25) is 14.4 Å². The SMILES string of the molecule is COc1ccc(CC(C)(NC(=O)[C@@H]2CCCN2C(=O)CCCc2ccc(O)cc2)C(=O)NCCCN)cc1OC. The fraction of sp³-hybridized carbons (Fsp3) is 0.500. The quantitative estimate of drug-likeness (QED) is 0.263. The molecule has 2 atom stereocenters. The second-order valence-electron chi connectivity index (χ2n) is 10.4. The van der Waals surface area contributed by atoms with Crippen LogP contribution in [0.15, 0.2) is 42.5 Å². The van der Waals surface area contributed by atoms with E-state index in [0.29, 0.717) is 63.2 Å². The lowest BCUT2D eigenvalue weighted by atomic mass is 9.90. The third-order valence-electron chi connectivity index (χ3n) is 7.24. The number of methoxy groups -OCH3 is 2. The summed E-state index contributed by atoms with van der Waals surface area (Å²) in [5.74, 6) is 0.546. The van der Waals surface area contributed by atoms with Crippen LogP contribution in [0.5, 0.6) is 17.2 Å². The average molecular weight is 555 g/mol. The van der Waals surface area contributed by atoms with Crippen molar-refractivity contribution in [1.29, 1.82) is 0 Å². The van der Waals surface area contributed by atoms with E-state index in [2.05, 4.69) is 10.6 Å². The van der Waals surface area contributed by atoms with Crippen molar-refractivity contribution in [3.63, 3.8) is 0 Å². The minimum atomic E-state index is -1.28. The number of aromatic hydroxyl groups is 1. The first-order valence-corrected chi connectivity index (χ1v) is 13.8. The molecule has 218 valence electrons. The van der Waals surface area contributed by atoms with Gasteiger partial charge in [0.25, 0.3) is 0 Å². The van der Waals surface area contributed by atoms with Crippen LogP contribution in [0.4, 0.5) is 0 Å². The van der Waals surface area contributed by atoms with Gasteiger partial charge in [0, 0.05) is 25.9 Å². The summed E-state index contributed by atoms with van der Waals surface area (Å²) >= 11 is 0. The molecular formula is C30H42N4O6. The molecule has 0 aliphatic carbocycles. The van der Waals surface area contributed by atoms with E-state index in [1.54, 1.807) is 50.3 Å². The van der Waals surface area contributed by atoms with Gasteiger partial charge in [0.2, 0.25) is 17.7 Å².